The molecule has 0 fully saturated rings. The predicted octanol–water partition coefficient (Wildman–Crippen LogP) is 3.17. The highest BCUT2D eigenvalue weighted by Crippen LogP contribution is 2.25. The van der Waals surface area contributed by atoms with Gasteiger partial charge in [-0.1, -0.05) is 56.0 Å². The van der Waals surface area contributed by atoms with Gasteiger partial charge in [0.1, 0.15) is 5.52 Å². The van der Waals surface area contributed by atoms with Crippen molar-refractivity contribution in [1.82, 2.24) is 4.98 Å². The largest absolute Gasteiger partial charge is 0.481 e. The summed E-state index contributed by atoms with van der Waals surface area (Å²) in [5, 5.41) is 10.8. The third kappa shape index (κ3) is 3.28. The zero-order valence-electron chi connectivity index (χ0n) is 14.3. The zero-order valence-corrected chi connectivity index (χ0v) is 14.3. The Morgan fingerprint density at radius 1 is 1.31 bits per heavy atom. The van der Waals surface area contributed by atoms with Crippen LogP contribution in [0.4, 0.5) is 4.39 Å². The summed E-state index contributed by atoms with van der Waals surface area (Å²) < 4.78 is 20.3. The molecule has 0 aliphatic heterocycles. The molecule has 26 heavy (non-hydrogen) atoms. The van der Waals surface area contributed by atoms with Crippen LogP contribution in [-0.2, 0) is 11.2 Å². The van der Waals surface area contributed by atoms with E-state index in [0.717, 1.165) is 16.0 Å². The molecule has 2 aromatic carbocycles. The van der Waals surface area contributed by atoms with Gasteiger partial charge < -0.3 is 9.52 Å². The third-order valence-electron chi connectivity index (χ3n) is 4.11. The lowest BCUT2D eigenvalue weighted by molar-refractivity contribution is -0.136. The highest BCUT2D eigenvalue weighted by Gasteiger charge is 2.17. The van der Waals surface area contributed by atoms with Crippen LogP contribution in [0.5, 0.6) is 0 Å². The Morgan fingerprint density at radius 3 is 2.77 bits per heavy atom. The van der Waals surface area contributed by atoms with E-state index in [0.29, 0.717) is 17.8 Å². The topological polar surface area (TPSA) is 63.3 Å². The minimum atomic E-state index is -1.10. The number of allylic oxidation sites excluding steroid dienone is 1. The fourth-order valence-electron chi connectivity index (χ4n) is 2.93. The zero-order chi connectivity index (χ0) is 18.7. The summed E-state index contributed by atoms with van der Waals surface area (Å²) in [6.45, 7) is 5.71. The summed E-state index contributed by atoms with van der Waals surface area (Å²) in [6, 6.07) is 10.8. The molecule has 3 aromatic rings. The van der Waals surface area contributed by atoms with Crippen LogP contribution in [0.25, 0.3) is 22.7 Å². The van der Waals surface area contributed by atoms with Crippen LogP contribution in [0.2, 0.25) is 0 Å². The molecule has 1 aromatic heterocycles. The number of oxazole rings is 1. The first-order valence-corrected chi connectivity index (χ1v) is 8.26. The first-order chi connectivity index (χ1) is 12.5. The lowest BCUT2D eigenvalue weighted by Gasteiger charge is -2.00. The quantitative estimate of drug-likeness (QED) is 0.767. The molecule has 3 rings (SSSR count). The molecule has 0 amide bonds. The predicted molar refractivity (Wildman–Crippen MR) is 98.5 cm³/mol. The van der Waals surface area contributed by atoms with E-state index >= 15 is 0 Å². The normalized spacial score (nSPS) is 13.1. The van der Waals surface area contributed by atoms with Crippen LogP contribution in [0.1, 0.15) is 24.8 Å². The number of nitrogens with zero attached hydrogens (tertiary/aromatic N) is 1. The second-order valence-corrected chi connectivity index (χ2v) is 5.80. The van der Waals surface area contributed by atoms with Crippen molar-refractivity contribution in [2.75, 3.05) is 0 Å². The highest BCUT2D eigenvalue weighted by molar-refractivity contribution is 5.79. The molecular weight excluding hydrogens is 333 g/mol. The number of halogens is 1. The maximum absolute atomic E-state index is 14.6. The number of benzene rings is 2. The molecular formula is C21H18FNO3. The Balaban J connectivity index is 2.26. The highest BCUT2D eigenvalue weighted by atomic mass is 19.1. The molecule has 0 spiro atoms. The van der Waals surface area contributed by atoms with E-state index in [2.05, 4.69) is 11.6 Å². The summed E-state index contributed by atoms with van der Waals surface area (Å²) in [4.78, 5) is 15.3. The van der Waals surface area contributed by atoms with Crippen molar-refractivity contribution in [1.29, 1.82) is 0 Å². The van der Waals surface area contributed by atoms with E-state index in [1.807, 2.05) is 37.3 Å². The van der Waals surface area contributed by atoms with E-state index in [9.17, 15) is 9.18 Å². The van der Waals surface area contributed by atoms with E-state index in [1.54, 1.807) is 12.1 Å². The van der Waals surface area contributed by atoms with Gasteiger partial charge in [-0.3, -0.25) is 4.79 Å². The SMILES string of the molecule is C=C/C=c1/cccc/c1=C(/CC)c1nc2ccc(CC(=O)O)c(F)c2o1. The average molecular weight is 351 g/mol. The average Bonchev–Trinajstić information content (AvgIpc) is 3.04. The number of carbonyl (C=O) groups is 1. The van der Waals surface area contributed by atoms with E-state index < -0.39 is 18.2 Å². The minimum absolute atomic E-state index is 0.0186. The Morgan fingerprint density at radius 2 is 2.08 bits per heavy atom. The maximum Gasteiger partial charge on any atom is 0.307 e. The Hall–Kier alpha value is -3.21. The van der Waals surface area contributed by atoms with Crippen LogP contribution in [0, 0.1) is 5.82 Å². The van der Waals surface area contributed by atoms with Gasteiger partial charge in [0.05, 0.1) is 6.42 Å². The monoisotopic (exact) mass is 351 g/mol. The lowest BCUT2D eigenvalue weighted by Crippen LogP contribution is -2.26. The van der Waals surface area contributed by atoms with Crippen LogP contribution in [0.15, 0.2) is 53.5 Å². The fraction of sp³-hybridized carbons (Fsp3) is 0.143. The summed E-state index contributed by atoms with van der Waals surface area (Å²) in [7, 11) is 0. The van der Waals surface area contributed by atoms with Gasteiger partial charge in [-0.15, -0.1) is 0 Å². The number of aliphatic carboxylic acids is 1. The molecule has 0 saturated heterocycles. The van der Waals surface area contributed by atoms with Gasteiger partial charge in [-0.25, -0.2) is 9.37 Å². The molecule has 0 aliphatic carbocycles. The molecule has 0 bridgehead atoms. The van der Waals surface area contributed by atoms with Crippen molar-refractivity contribution in [3.05, 3.63) is 76.8 Å². The van der Waals surface area contributed by atoms with E-state index in [1.165, 1.54) is 6.07 Å². The first-order valence-electron chi connectivity index (χ1n) is 8.26. The number of aromatic nitrogens is 1. The molecule has 1 N–H and O–H groups in total. The molecule has 0 atom stereocenters. The number of carboxylic acid groups (broad SMARTS) is 1. The molecule has 0 unspecified atom stereocenters. The number of hydrogen-bond donors (Lipinski definition) is 1. The summed E-state index contributed by atoms with van der Waals surface area (Å²) in [5.74, 6) is -1.44. The van der Waals surface area contributed by atoms with Gasteiger partial charge >= 0.3 is 5.97 Å². The van der Waals surface area contributed by atoms with Crippen molar-refractivity contribution in [3.8, 4) is 0 Å². The molecule has 1 heterocycles. The number of fused-ring (bicyclic) bond motifs is 1. The van der Waals surface area contributed by atoms with Crippen LogP contribution in [-0.4, -0.2) is 16.1 Å². The number of carboxylic acids is 1. The van der Waals surface area contributed by atoms with Gasteiger partial charge in [0.2, 0.25) is 5.89 Å². The van der Waals surface area contributed by atoms with Gasteiger partial charge in [-0.2, -0.15) is 0 Å². The summed E-state index contributed by atoms with van der Waals surface area (Å²) in [6.07, 6.45) is 3.83. The Bertz CT molecular complexity index is 1110. The first kappa shape index (κ1) is 17.6. The van der Waals surface area contributed by atoms with Gasteiger partial charge in [-0.05, 0) is 22.9 Å². The standard InChI is InChI=1S/C21H18FNO3/c1-3-7-13-8-5-6-9-16(13)15(4-2)21-23-17-11-10-14(12-18(24)25)19(22)20(17)26-21/h3,5-11H,1,4,12H2,2H3,(H,24,25)/b13-7-,16-15+. The number of hydrogen-bond acceptors (Lipinski definition) is 3. The van der Waals surface area contributed by atoms with Crippen LogP contribution < -0.4 is 10.4 Å². The second-order valence-electron chi connectivity index (χ2n) is 5.80. The minimum Gasteiger partial charge on any atom is -0.481 e. The molecule has 132 valence electrons. The van der Waals surface area contributed by atoms with E-state index in [4.69, 9.17) is 9.52 Å². The number of rotatable bonds is 5. The lowest BCUT2D eigenvalue weighted by atomic mass is 10.1. The van der Waals surface area contributed by atoms with Crippen LogP contribution in [0.3, 0.4) is 0 Å². The van der Waals surface area contributed by atoms with Crippen molar-refractivity contribution < 1.29 is 18.7 Å². The second kappa shape index (κ2) is 7.35. The molecule has 0 radical (unpaired) electrons. The fourth-order valence-corrected chi connectivity index (χ4v) is 2.93. The van der Waals surface area contributed by atoms with Gasteiger partial charge in [0.15, 0.2) is 11.4 Å². The third-order valence-corrected chi connectivity index (χ3v) is 4.11. The van der Waals surface area contributed by atoms with Crippen molar-refractivity contribution >= 4 is 28.7 Å². The molecule has 0 saturated carbocycles. The smallest absolute Gasteiger partial charge is 0.307 e. The molecule has 4 nitrogen and oxygen atoms in total. The van der Waals surface area contributed by atoms with Crippen LogP contribution >= 0.6 is 0 Å². The maximum atomic E-state index is 14.6. The molecule has 0 aliphatic rings. The summed E-state index contributed by atoms with van der Waals surface area (Å²) >= 11 is 0. The molecule has 5 heteroatoms. The van der Waals surface area contributed by atoms with E-state index in [-0.39, 0.29) is 11.1 Å². The van der Waals surface area contributed by atoms with Gasteiger partial charge in [0.25, 0.3) is 0 Å². The van der Waals surface area contributed by atoms with Crippen molar-refractivity contribution in [2.24, 2.45) is 0 Å². The summed E-state index contributed by atoms with van der Waals surface area (Å²) in [5.41, 5.74) is 1.26. The Kier molecular flexibility index (Phi) is 4.98. The Labute approximate surface area is 149 Å². The van der Waals surface area contributed by atoms with Gasteiger partial charge in [0, 0.05) is 11.1 Å². The van der Waals surface area contributed by atoms with Crippen molar-refractivity contribution in [3.63, 3.8) is 0 Å². The van der Waals surface area contributed by atoms with Crippen molar-refractivity contribution in [2.45, 2.75) is 19.8 Å².